The summed E-state index contributed by atoms with van der Waals surface area (Å²) in [5, 5.41) is 11.3. The van der Waals surface area contributed by atoms with E-state index in [4.69, 9.17) is 4.74 Å². The van der Waals surface area contributed by atoms with Crippen LogP contribution in [0.2, 0.25) is 0 Å². The van der Waals surface area contributed by atoms with Gasteiger partial charge in [0.2, 0.25) is 0 Å². The molecule has 2 aromatic rings. The molecule has 30 heavy (non-hydrogen) atoms. The number of carbonyl (C=O) groups is 2. The number of nitrogens with zero attached hydrogens (tertiary/aromatic N) is 3. The molecule has 0 radical (unpaired) electrons. The smallest absolute Gasteiger partial charge is 0.338 e. The van der Waals surface area contributed by atoms with E-state index in [1.54, 1.807) is 4.90 Å². The average Bonchev–Trinajstić information content (AvgIpc) is 2.76. The van der Waals surface area contributed by atoms with Gasteiger partial charge in [-0.2, -0.15) is 0 Å². The number of nitro groups is 1. The highest BCUT2D eigenvalue weighted by atomic mass is 16.6. The number of rotatable bonds is 6. The van der Waals surface area contributed by atoms with Crippen molar-refractivity contribution in [3.05, 3.63) is 63.7 Å². The Morgan fingerprint density at radius 2 is 1.83 bits per heavy atom. The van der Waals surface area contributed by atoms with Gasteiger partial charge in [-0.3, -0.25) is 14.9 Å². The minimum atomic E-state index is -0.688. The summed E-state index contributed by atoms with van der Waals surface area (Å²) in [4.78, 5) is 38.6. The third kappa shape index (κ3) is 4.86. The number of amides is 1. The van der Waals surface area contributed by atoms with E-state index < -0.39 is 16.6 Å². The fourth-order valence-electron chi connectivity index (χ4n) is 3.30. The second-order valence-electron chi connectivity index (χ2n) is 6.93. The minimum absolute atomic E-state index is 0.0372. The van der Waals surface area contributed by atoms with Gasteiger partial charge in [-0.25, -0.2) is 4.79 Å². The Morgan fingerprint density at radius 1 is 1.10 bits per heavy atom. The van der Waals surface area contributed by atoms with Gasteiger partial charge in [-0.15, -0.1) is 0 Å². The molecule has 0 aliphatic carbocycles. The van der Waals surface area contributed by atoms with E-state index in [2.05, 4.69) is 15.7 Å². The largest absolute Gasteiger partial charge is 0.477 e. The zero-order valence-corrected chi connectivity index (χ0v) is 16.9. The number of methoxy groups -OCH3 is 1. The molecule has 0 aromatic heterocycles. The predicted molar refractivity (Wildman–Crippen MR) is 110 cm³/mol. The van der Waals surface area contributed by atoms with Crippen LogP contribution in [0.25, 0.3) is 0 Å². The van der Waals surface area contributed by atoms with Crippen molar-refractivity contribution in [1.29, 1.82) is 0 Å². The van der Waals surface area contributed by atoms with Crippen molar-refractivity contribution < 1.29 is 24.0 Å². The zero-order valence-electron chi connectivity index (χ0n) is 16.9. The molecule has 1 heterocycles. The van der Waals surface area contributed by atoms with E-state index in [1.165, 1.54) is 24.8 Å². The van der Waals surface area contributed by atoms with Gasteiger partial charge in [0.05, 0.1) is 17.6 Å². The molecule has 1 saturated heterocycles. The van der Waals surface area contributed by atoms with Crippen LogP contribution < -0.4 is 9.64 Å². The number of anilines is 1. The molecule has 0 unspecified atom stereocenters. The number of piperazine rings is 1. The molecule has 9 heteroatoms. The van der Waals surface area contributed by atoms with Crippen LogP contribution >= 0.6 is 0 Å². The number of hydrogen-bond donors (Lipinski definition) is 0. The topological polar surface area (TPSA) is 102 Å². The summed E-state index contributed by atoms with van der Waals surface area (Å²) in [5.74, 6) is -1.00. The third-order valence-electron chi connectivity index (χ3n) is 4.93. The Bertz CT molecular complexity index is 954. The van der Waals surface area contributed by atoms with Gasteiger partial charge >= 0.3 is 11.7 Å². The second-order valence-corrected chi connectivity index (χ2v) is 6.93. The van der Waals surface area contributed by atoms with Crippen molar-refractivity contribution in [2.24, 2.45) is 0 Å². The molecule has 0 bridgehead atoms. The summed E-state index contributed by atoms with van der Waals surface area (Å²) in [5.41, 5.74) is 1.95. The van der Waals surface area contributed by atoms with Crippen LogP contribution in [0.15, 0.2) is 42.5 Å². The molecule has 1 aliphatic heterocycles. The van der Waals surface area contributed by atoms with Crippen molar-refractivity contribution >= 4 is 23.3 Å². The van der Waals surface area contributed by atoms with Gasteiger partial charge < -0.3 is 19.3 Å². The van der Waals surface area contributed by atoms with Gasteiger partial charge in [0.15, 0.2) is 12.4 Å². The van der Waals surface area contributed by atoms with E-state index >= 15 is 0 Å². The Kier molecular flexibility index (Phi) is 6.51. The molecule has 1 amide bonds. The summed E-state index contributed by atoms with van der Waals surface area (Å²) in [6, 6.07) is 11.9. The van der Waals surface area contributed by atoms with E-state index in [0.29, 0.717) is 26.2 Å². The first kappa shape index (κ1) is 21.1. The standard InChI is InChI=1S/C21H23N3O6/c1-15-4-3-5-17(12-15)22-8-10-23(11-9-22)20(25)14-30-19-7-6-16(21(26)29-2)13-18(19)24(27)28/h3-7,12-13H,8-11,14H2,1-2H3. The molecule has 0 spiro atoms. The van der Waals surface area contributed by atoms with Gasteiger partial charge in [0.25, 0.3) is 5.91 Å². The van der Waals surface area contributed by atoms with Crippen molar-refractivity contribution in [1.82, 2.24) is 4.90 Å². The molecule has 0 N–H and O–H groups in total. The van der Waals surface area contributed by atoms with E-state index in [9.17, 15) is 19.7 Å². The molecule has 1 aliphatic rings. The molecule has 9 nitrogen and oxygen atoms in total. The lowest BCUT2D eigenvalue weighted by molar-refractivity contribution is -0.385. The number of hydrogen-bond acceptors (Lipinski definition) is 7. The summed E-state index contributed by atoms with van der Waals surface area (Å²) in [6.07, 6.45) is 0. The number of aryl methyl sites for hydroxylation is 1. The van der Waals surface area contributed by atoms with Crippen molar-refractivity contribution in [2.75, 3.05) is 44.8 Å². The maximum atomic E-state index is 12.5. The number of benzene rings is 2. The predicted octanol–water partition coefficient (Wildman–Crippen LogP) is 2.42. The lowest BCUT2D eigenvalue weighted by Gasteiger charge is -2.36. The number of carbonyl (C=O) groups excluding carboxylic acids is 2. The van der Waals surface area contributed by atoms with E-state index in [0.717, 1.165) is 11.8 Å². The highest BCUT2D eigenvalue weighted by molar-refractivity contribution is 5.90. The van der Waals surface area contributed by atoms with Crippen LogP contribution in [-0.4, -0.2) is 61.6 Å². The highest BCUT2D eigenvalue weighted by Gasteiger charge is 2.24. The normalized spacial score (nSPS) is 13.7. The van der Waals surface area contributed by atoms with Gasteiger partial charge in [0, 0.05) is 37.9 Å². The Balaban J connectivity index is 1.58. The lowest BCUT2D eigenvalue weighted by Crippen LogP contribution is -2.50. The number of esters is 1. The van der Waals surface area contributed by atoms with Crippen LogP contribution in [-0.2, 0) is 9.53 Å². The van der Waals surface area contributed by atoms with Crippen molar-refractivity contribution in [3.63, 3.8) is 0 Å². The molecule has 0 atom stereocenters. The molecule has 1 fully saturated rings. The lowest BCUT2D eigenvalue weighted by atomic mass is 10.2. The molecule has 158 valence electrons. The molecule has 3 rings (SSSR count). The van der Waals surface area contributed by atoms with Gasteiger partial charge in [0.1, 0.15) is 0 Å². The molecule has 0 saturated carbocycles. The Labute approximate surface area is 173 Å². The fraction of sp³-hybridized carbons (Fsp3) is 0.333. The maximum absolute atomic E-state index is 12.5. The molecule has 2 aromatic carbocycles. The minimum Gasteiger partial charge on any atom is -0.477 e. The highest BCUT2D eigenvalue weighted by Crippen LogP contribution is 2.28. The van der Waals surface area contributed by atoms with Crippen LogP contribution in [0, 0.1) is 17.0 Å². The summed E-state index contributed by atoms with van der Waals surface area (Å²) in [7, 11) is 1.19. The average molecular weight is 413 g/mol. The van der Waals surface area contributed by atoms with Gasteiger partial charge in [-0.1, -0.05) is 12.1 Å². The summed E-state index contributed by atoms with van der Waals surface area (Å²) in [6.45, 7) is 4.20. The second kappa shape index (κ2) is 9.25. The Morgan fingerprint density at radius 3 is 2.47 bits per heavy atom. The van der Waals surface area contributed by atoms with Crippen LogP contribution in [0.1, 0.15) is 15.9 Å². The number of ether oxygens (including phenoxy) is 2. The molecular weight excluding hydrogens is 390 g/mol. The van der Waals surface area contributed by atoms with Crippen LogP contribution in [0.4, 0.5) is 11.4 Å². The van der Waals surface area contributed by atoms with E-state index in [1.807, 2.05) is 25.1 Å². The maximum Gasteiger partial charge on any atom is 0.338 e. The third-order valence-corrected chi connectivity index (χ3v) is 4.93. The zero-order chi connectivity index (χ0) is 21.7. The first-order valence-corrected chi connectivity index (χ1v) is 9.48. The Hall–Kier alpha value is -3.62. The van der Waals surface area contributed by atoms with E-state index in [-0.39, 0.29) is 23.8 Å². The van der Waals surface area contributed by atoms with Crippen LogP contribution in [0.5, 0.6) is 5.75 Å². The summed E-state index contributed by atoms with van der Waals surface area (Å²) < 4.78 is 9.98. The van der Waals surface area contributed by atoms with Crippen LogP contribution in [0.3, 0.4) is 0 Å². The SMILES string of the molecule is COC(=O)c1ccc(OCC(=O)N2CCN(c3cccc(C)c3)CC2)c([N+](=O)[O-])c1. The van der Waals surface area contributed by atoms with Crippen molar-refractivity contribution in [3.8, 4) is 5.75 Å². The van der Waals surface area contributed by atoms with Gasteiger partial charge in [-0.05, 0) is 36.8 Å². The summed E-state index contributed by atoms with van der Waals surface area (Å²) >= 11 is 0. The quantitative estimate of drug-likeness (QED) is 0.407. The molecular formula is C21H23N3O6. The fourth-order valence-corrected chi connectivity index (χ4v) is 3.30. The first-order valence-electron chi connectivity index (χ1n) is 9.48. The first-order chi connectivity index (χ1) is 14.4. The number of nitro benzene ring substituents is 1. The monoisotopic (exact) mass is 413 g/mol. The van der Waals surface area contributed by atoms with Crippen molar-refractivity contribution in [2.45, 2.75) is 6.92 Å².